The zero-order chi connectivity index (χ0) is 19.7. The monoisotopic (exact) mass is 387 g/mol. The van der Waals surface area contributed by atoms with Gasteiger partial charge in [-0.1, -0.05) is 26.0 Å². The van der Waals surface area contributed by atoms with Crippen molar-refractivity contribution in [2.24, 2.45) is 4.99 Å². The normalized spacial score (nSPS) is 25.0. The minimum absolute atomic E-state index is 0.0994. The minimum atomic E-state index is -0.835. The van der Waals surface area contributed by atoms with E-state index in [0.29, 0.717) is 11.9 Å². The van der Waals surface area contributed by atoms with Crippen LogP contribution < -0.4 is 5.32 Å². The second-order valence-corrected chi connectivity index (χ2v) is 7.39. The summed E-state index contributed by atoms with van der Waals surface area (Å²) in [5, 5.41) is 3.37. The van der Waals surface area contributed by atoms with Gasteiger partial charge in [0.15, 0.2) is 11.6 Å². The number of nitrogens with one attached hydrogen (secondary N) is 1. The lowest BCUT2D eigenvalue weighted by Gasteiger charge is -2.38. The van der Waals surface area contributed by atoms with Crippen molar-refractivity contribution in [1.29, 1.82) is 0 Å². The van der Waals surface area contributed by atoms with Crippen molar-refractivity contribution in [2.45, 2.75) is 32.9 Å². The molecule has 0 saturated carbocycles. The van der Waals surface area contributed by atoms with Crippen LogP contribution in [0, 0.1) is 11.6 Å². The highest BCUT2D eigenvalue weighted by Crippen LogP contribution is 2.32. The number of likely N-dealkylation sites (N-methyl/N-ethyl adjacent to an activating group) is 1. The molecule has 0 bridgehead atoms. The SMILES string of the molecule is CC/C=C1/NC(=NCc2cccc(F)c2F)C=C2N1CC1CN(CC)CCN21. The number of aliphatic imine (C=N–C) groups is 1. The van der Waals surface area contributed by atoms with Gasteiger partial charge in [0.2, 0.25) is 0 Å². The largest absolute Gasteiger partial charge is 0.350 e. The Morgan fingerprint density at radius 3 is 2.86 bits per heavy atom. The Kier molecular flexibility index (Phi) is 5.35. The molecule has 2 fully saturated rings. The van der Waals surface area contributed by atoms with E-state index in [1.165, 1.54) is 6.07 Å². The van der Waals surface area contributed by atoms with Crippen LogP contribution in [0.4, 0.5) is 8.78 Å². The van der Waals surface area contributed by atoms with Crippen molar-refractivity contribution in [3.63, 3.8) is 0 Å². The maximum Gasteiger partial charge on any atom is 0.163 e. The van der Waals surface area contributed by atoms with Crippen LogP contribution in [0.2, 0.25) is 0 Å². The van der Waals surface area contributed by atoms with E-state index in [9.17, 15) is 8.78 Å². The molecule has 0 amide bonds. The van der Waals surface area contributed by atoms with E-state index < -0.39 is 11.6 Å². The molecule has 1 aromatic carbocycles. The maximum atomic E-state index is 13.9. The van der Waals surface area contributed by atoms with E-state index >= 15 is 0 Å². The fourth-order valence-electron chi connectivity index (χ4n) is 4.14. The van der Waals surface area contributed by atoms with E-state index in [1.54, 1.807) is 6.07 Å². The minimum Gasteiger partial charge on any atom is -0.350 e. The van der Waals surface area contributed by atoms with Crippen LogP contribution in [0.25, 0.3) is 0 Å². The van der Waals surface area contributed by atoms with Crippen LogP contribution in [-0.4, -0.2) is 59.3 Å². The molecule has 1 unspecified atom stereocenters. The number of amidine groups is 1. The first-order valence-corrected chi connectivity index (χ1v) is 10.0. The van der Waals surface area contributed by atoms with E-state index in [1.807, 2.05) is 6.08 Å². The summed E-state index contributed by atoms with van der Waals surface area (Å²) >= 11 is 0. The number of piperazine rings is 1. The fourth-order valence-corrected chi connectivity index (χ4v) is 4.14. The third-order valence-corrected chi connectivity index (χ3v) is 5.64. The zero-order valence-corrected chi connectivity index (χ0v) is 16.5. The lowest BCUT2D eigenvalue weighted by molar-refractivity contribution is 0.131. The predicted octanol–water partition coefficient (Wildman–Crippen LogP) is 2.88. The molecule has 5 nitrogen and oxygen atoms in total. The number of benzene rings is 1. The highest BCUT2D eigenvalue weighted by atomic mass is 19.2. The molecule has 3 heterocycles. The molecule has 0 spiro atoms. The molecular weight excluding hydrogens is 360 g/mol. The topological polar surface area (TPSA) is 34.1 Å². The van der Waals surface area contributed by atoms with Crippen molar-refractivity contribution in [1.82, 2.24) is 20.0 Å². The molecular formula is C21H27F2N5. The van der Waals surface area contributed by atoms with Crippen LogP contribution in [0.15, 0.2) is 47.0 Å². The van der Waals surface area contributed by atoms with E-state index in [0.717, 1.165) is 56.9 Å². The van der Waals surface area contributed by atoms with Gasteiger partial charge in [0.05, 0.1) is 12.6 Å². The fraction of sp³-hybridized carbons (Fsp3) is 0.476. The molecule has 3 aliphatic heterocycles. The van der Waals surface area contributed by atoms with Crippen LogP contribution >= 0.6 is 0 Å². The Balaban J connectivity index is 1.61. The molecule has 0 aliphatic carbocycles. The van der Waals surface area contributed by atoms with Gasteiger partial charge in [-0.05, 0) is 25.1 Å². The van der Waals surface area contributed by atoms with Crippen LogP contribution in [-0.2, 0) is 6.54 Å². The summed E-state index contributed by atoms with van der Waals surface area (Å²) in [7, 11) is 0. The molecule has 4 rings (SSSR count). The first-order chi connectivity index (χ1) is 13.6. The van der Waals surface area contributed by atoms with Crippen LogP contribution in [0.1, 0.15) is 25.8 Å². The third-order valence-electron chi connectivity index (χ3n) is 5.64. The average molecular weight is 387 g/mol. The van der Waals surface area contributed by atoms with Gasteiger partial charge in [0.1, 0.15) is 17.5 Å². The van der Waals surface area contributed by atoms with E-state index in [-0.39, 0.29) is 12.1 Å². The number of fused-ring (bicyclic) bond motifs is 3. The second kappa shape index (κ2) is 7.91. The molecule has 1 aromatic rings. The summed E-state index contributed by atoms with van der Waals surface area (Å²) in [6.45, 7) is 9.54. The van der Waals surface area contributed by atoms with E-state index in [4.69, 9.17) is 0 Å². The van der Waals surface area contributed by atoms with Gasteiger partial charge in [0.25, 0.3) is 0 Å². The highest BCUT2D eigenvalue weighted by molar-refractivity contribution is 5.95. The van der Waals surface area contributed by atoms with Crippen molar-refractivity contribution in [3.05, 3.63) is 59.2 Å². The second-order valence-electron chi connectivity index (χ2n) is 7.39. The summed E-state index contributed by atoms with van der Waals surface area (Å²) in [6.07, 6.45) is 5.09. The number of halogens is 2. The van der Waals surface area contributed by atoms with Crippen molar-refractivity contribution in [2.75, 3.05) is 32.7 Å². The Labute approximate surface area is 165 Å². The van der Waals surface area contributed by atoms with Gasteiger partial charge < -0.3 is 15.1 Å². The first kappa shape index (κ1) is 18.9. The average Bonchev–Trinajstić information content (AvgIpc) is 3.07. The molecule has 7 heteroatoms. The van der Waals surface area contributed by atoms with Gasteiger partial charge in [-0.3, -0.25) is 9.89 Å². The van der Waals surface area contributed by atoms with Gasteiger partial charge in [-0.2, -0.15) is 0 Å². The smallest absolute Gasteiger partial charge is 0.163 e. The summed E-state index contributed by atoms with van der Waals surface area (Å²) in [6, 6.07) is 4.67. The number of rotatable bonds is 4. The molecule has 2 saturated heterocycles. The summed E-state index contributed by atoms with van der Waals surface area (Å²) in [5.41, 5.74) is 0.261. The number of allylic oxidation sites excluding steroid dienone is 1. The van der Waals surface area contributed by atoms with Crippen LogP contribution in [0.3, 0.4) is 0 Å². The van der Waals surface area contributed by atoms with Crippen molar-refractivity contribution >= 4 is 5.84 Å². The zero-order valence-electron chi connectivity index (χ0n) is 16.5. The van der Waals surface area contributed by atoms with Gasteiger partial charge in [-0.15, -0.1) is 0 Å². The summed E-state index contributed by atoms with van der Waals surface area (Å²) in [4.78, 5) is 11.8. The molecule has 0 aromatic heterocycles. The van der Waals surface area contributed by atoms with Gasteiger partial charge in [0, 0.05) is 37.8 Å². The Morgan fingerprint density at radius 2 is 2.07 bits per heavy atom. The first-order valence-electron chi connectivity index (χ1n) is 10.0. The van der Waals surface area contributed by atoms with Crippen molar-refractivity contribution < 1.29 is 8.78 Å². The predicted molar refractivity (Wildman–Crippen MR) is 106 cm³/mol. The number of hydrogen-bond acceptors (Lipinski definition) is 4. The standard InChI is InChI=1S/C21H27F2N5/c1-3-6-19-25-18(24-12-15-7-5-8-17(22)21(15)23)11-20-27-10-9-26(4-2)13-16(27)14-28(19)20/h5-8,11,16H,3-4,9-10,12-14H2,1-2H3,(H,24,25)/b19-6-. The van der Waals surface area contributed by atoms with Gasteiger partial charge >= 0.3 is 0 Å². The summed E-state index contributed by atoms with van der Waals surface area (Å²) < 4.78 is 27.4. The summed E-state index contributed by atoms with van der Waals surface area (Å²) in [5.74, 6) is 1.21. The molecule has 150 valence electrons. The molecule has 1 atom stereocenters. The highest BCUT2D eigenvalue weighted by Gasteiger charge is 2.40. The number of nitrogens with zero attached hydrogens (tertiary/aromatic N) is 4. The van der Waals surface area contributed by atoms with Gasteiger partial charge in [-0.25, -0.2) is 8.78 Å². The molecule has 3 aliphatic rings. The van der Waals surface area contributed by atoms with Crippen LogP contribution in [0.5, 0.6) is 0 Å². The Bertz CT molecular complexity index is 832. The maximum absolute atomic E-state index is 13.9. The lowest BCUT2D eigenvalue weighted by Crippen LogP contribution is -2.50. The Hall–Kier alpha value is -2.41. The lowest BCUT2D eigenvalue weighted by atomic mass is 10.2. The molecule has 0 radical (unpaired) electrons. The quantitative estimate of drug-likeness (QED) is 0.862. The third kappa shape index (κ3) is 3.51. The van der Waals surface area contributed by atoms with Crippen molar-refractivity contribution in [3.8, 4) is 0 Å². The van der Waals surface area contributed by atoms with E-state index in [2.05, 4.69) is 44.9 Å². The Morgan fingerprint density at radius 1 is 1.21 bits per heavy atom. The number of hydrogen-bond donors (Lipinski definition) is 1. The molecule has 28 heavy (non-hydrogen) atoms. The molecule has 1 N–H and O–H groups in total.